The summed E-state index contributed by atoms with van der Waals surface area (Å²) < 4.78 is 0. The zero-order valence-corrected chi connectivity index (χ0v) is 10.8. The monoisotopic (exact) mass is 263 g/mol. The van der Waals surface area contributed by atoms with E-state index >= 15 is 0 Å². The van der Waals surface area contributed by atoms with Gasteiger partial charge in [-0.05, 0) is 32.1 Å². The van der Waals surface area contributed by atoms with Crippen molar-refractivity contribution in [2.75, 3.05) is 0 Å². The smallest absolute Gasteiger partial charge is 0.303 e. The van der Waals surface area contributed by atoms with Crippen LogP contribution in [0.15, 0.2) is 0 Å². The number of carbonyl (C=O) groups is 2. The van der Waals surface area contributed by atoms with Crippen LogP contribution < -0.4 is 10.8 Å². The molecule has 0 atom stereocenters. The lowest BCUT2D eigenvalue weighted by atomic mass is 9.98. The highest BCUT2D eigenvalue weighted by atomic mass is 16.4. The molecule has 0 aliphatic heterocycles. The van der Waals surface area contributed by atoms with Crippen LogP contribution in [0.5, 0.6) is 0 Å². The molecule has 0 aromatic heterocycles. The first-order valence-electron chi connectivity index (χ1n) is 6.27. The van der Waals surface area contributed by atoms with Crippen LogP contribution in [0.1, 0.15) is 57.8 Å². The summed E-state index contributed by atoms with van der Waals surface area (Å²) in [6.07, 6.45) is 9.20. The van der Waals surface area contributed by atoms with Gasteiger partial charge in [0.15, 0.2) is 0 Å². The first-order chi connectivity index (χ1) is 8.02. The van der Waals surface area contributed by atoms with E-state index in [9.17, 15) is 14.7 Å². The summed E-state index contributed by atoms with van der Waals surface area (Å²) >= 11 is 0. The molecule has 108 valence electrons. The molecule has 1 aliphatic carbocycles. The van der Waals surface area contributed by atoms with Gasteiger partial charge in [0.1, 0.15) is 0 Å². The zero-order chi connectivity index (χ0) is 13.1. The second-order valence-electron chi connectivity index (χ2n) is 4.48. The molecular formula is C12H25NO5. The van der Waals surface area contributed by atoms with Gasteiger partial charge in [0.2, 0.25) is 0 Å². The van der Waals surface area contributed by atoms with Gasteiger partial charge in [-0.3, -0.25) is 4.79 Å². The Kier molecular flexibility index (Phi) is 13.1. The molecule has 1 saturated carbocycles. The third kappa shape index (κ3) is 14.9. The van der Waals surface area contributed by atoms with Crippen LogP contribution in [-0.4, -0.2) is 28.6 Å². The molecule has 1 fully saturated rings. The van der Waals surface area contributed by atoms with Crippen molar-refractivity contribution >= 4 is 11.9 Å². The van der Waals surface area contributed by atoms with E-state index in [4.69, 9.17) is 5.11 Å². The maximum atomic E-state index is 9.61. The van der Waals surface area contributed by atoms with Crippen molar-refractivity contribution in [1.82, 2.24) is 0 Å². The average molecular weight is 263 g/mol. The fourth-order valence-electron chi connectivity index (χ4n) is 1.75. The normalized spacial score (nSPS) is 16.3. The minimum absolute atomic E-state index is 0. The van der Waals surface area contributed by atoms with Gasteiger partial charge in [-0.25, -0.2) is 0 Å². The van der Waals surface area contributed by atoms with Crippen molar-refractivity contribution in [2.24, 2.45) is 0 Å². The summed E-state index contributed by atoms with van der Waals surface area (Å²) in [5.74, 6) is -2.44. The van der Waals surface area contributed by atoms with Gasteiger partial charge in [-0.2, -0.15) is 0 Å². The fraction of sp³-hybridized carbons (Fsp3) is 0.833. The van der Waals surface area contributed by atoms with E-state index in [1.165, 1.54) is 44.9 Å². The van der Waals surface area contributed by atoms with Gasteiger partial charge < -0.3 is 26.2 Å². The van der Waals surface area contributed by atoms with Gasteiger partial charge in [-0.1, -0.05) is 19.3 Å². The highest BCUT2D eigenvalue weighted by molar-refractivity contribution is 5.74. The van der Waals surface area contributed by atoms with Crippen molar-refractivity contribution in [1.29, 1.82) is 0 Å². The number of rotatable bonds is 3. The SMILES string of the molecule is O.O=C([O-])CCC(=O)O.[NH3+]C1CCCCCCC1. The van der Waals surface area contributed by atoms with Crippen molar-refractivity contribution < 1.29 is 31.0 Å². The zero-order valence-electron chi connectivity index (χ0n) is 10.8. The van der Waals surface area contributed by atoms with E-state index in [1.54, 1.807) is 0 Å². The standard InChI is InChI=1S/C8H17N.C4H6O4.H2O/c9-8-6-4-2-1-3-5-7-8;5-3(6)1-2-4(7)8;/h8H,1-7,9H2;1-2H2,(H,5,6)(H,7,8);1H2. The second kappa shape index (κ2) is 12.3. The third-order valence-electron chi connectivity index (χ3n) is 2.77. The summed E-state index contributed by atoms with van der Waals surface area (Å²) in [4.78, 5) is 19.1. The molecule has 18 heavy (non-hydrogen) atoms. The number of carbonyl (C=O) groups excluding carboxylic acids is 1. The molecule has 1 rings (SSSR count). The largest absolute Gasteiger partial charge is 0.550 e. The number of hydrogen-bond donors (Lipinski definition) is 2. The molecule has 0 spiro atoms. The van der Waals surface area contributed by atoms with E-state index in [0.29, 0.717) is 0 Å². The Morgan fingerprint density at radius 3 is 1.83 bits per heavy atom. The predicted octanol–water partition coefficient (Wildman–Crippen LogP) is -0.882. The molecule has 6 N–H and O–H groups in total. The Morgan fingerprint density at radius 2 is 1.50 bits per heavy atom. The maximum absolute atomic E-state index is 9.61. The van der Waals surface area contributed by atoms with Gasteiger partial charge in [0.25, 0.3) is 0 Å². The number of aliphatic carboxylic acids is 2. The Labute approximate surface area is 107 Å². The third-order valence-corrected chi connectivity index (χ3v) is 2.77. The molecule has 0 unspecified atom stereocenters. The number of quaternary nitrogens is 1. The van der Waals surface area contributed by atoms with Crippen LogP contribution in [0.2, 0.25) is 0 Å². The average Bonchev–Trinajstić information content (AvgIpc) is 2.22. The second-order valence-corrected chi connectivity index (χ2v) is 4.48. The van der Waals surface area contributed by atoms with Crippen LogP contribution in [0.3, 0.4) is 0 Å². The van der Waals surface area contributed by atoms with E-state index in [1.807, 2.05) is 0 Å². The summed E-state index contributed by atoms with van der Waals surface area (Å²) in [6.45, 7) is 0. The fourth-order valence-corrected chi connectivity index (χ4v) is 1.75. The molecule has 1 aliphatic rings. The van der Waals surface area contributed by atoms with Gasteiger partial charge in [0, 0.05) is 5.97 Å². The number of hydrogen-bond acceptors (Lipinski definition) is 3. The lowest BCUT2D eigenvalue weighted by Gasteiger charge is -2.11. The quantitative estimate of drug-likeness (QED) is 0.682. The van der Waals surface area contributed by atoms with Crippen LogP contribution in [0.4, 0.5) is 0 Å². The molecule has 0 radical (unpaired) electrons. The van der Waals surface area contributed by atoms with Crippen LogP contribution in [0.25, 0.3) is 0 Å². The molecule has 0 heterocycles. The Hall–Kier alpha value is -1.14. The molecule has 0 aromatic carbocycles. The minimum Gasteiger partial charge on any atom is -0.550 e. The summed E-state index contributed by atoms with van der Waals surface area (Å²) in [7, 11) is 0. The molecular weight excluding hydrogens is 238 g/mol. The Morgan fingerprint density at radius 1 is 1.06 bits per heavy atom. The van der Waals surface area contributed by atoms with E-state index in [2.05, 4.69) is 5.73 Å². The van der Waals surface area contributed by atoms with Gasteiger partial charge in [0.05, 0.1) is 12.5 Å². The van der Waals surface area contributed by atoms with E-state index in [-0.39, 0.29) is 11.9 Å². The van der Waals surface area contributed by atoms with Gasteiger partial charge >= 0.3 is 5.97 Å². The van der Waals surface area contributed by atoms with Crippen LogP contribution in [-0.2, 0) is 9.59 Å². The first kappa shape index (κ1) is 19.2. The summed E-state index contributed by atoms with van der Waals surface area (Å²) in [6, 6.07) is 0.769. The lowest BCUT2D eigenvalue weighted by molar-refractivity contribution is -0.423. The van der Waals surface area contributed by atoms with E-state index < -0.39 is 18.4 Å². The van der Waals surface area contributed by atoms with Crippen molar-refractivity contribution in [3.8, 4) is 0 Å². The van der Waals surface area contributed by atoms with Crippen molar-refractivity contribution in [2.45, 2.75) is 63.8 Å². The number of carboxylic acids is 2. The Balaban J connectivity index is 0. The summed E-state index contributed by atoms with van der Waals surface area (Å²) in [5.41, 5.74) is 4.10. The molecule has 6 heteroatoms. The van der Waals surface area contributed by atoms with E-state index in [0.717, 1.165) is 6.04 Å². The topological polar surface area (TPSA) is 137 Å². The highest BCUT2D eigenvalue weighted by Gasteiger charge is 2.07. The minimum atomic E-state index is -1.33. The Bertz CT molecular complexity index is 211. The van der Waals surface area contributed by atoms with Crippen LogP contribution >= 0.6 is 0 Å². The molecule has 0 saturated heterocycles. The first-order valence-corrected chi connectivity index (χ1v) is 6.27. The molecule has 0 aromatic rings. The molecule has 0 amide bonds. The number of carboxylic acid groups (broad SMARTS) is 2. The summed E-state index contributed by atoms with van der Waals surface area (Å²) in [5, 5.41) is 17.4. The van der Waals surface area contributed by atoms with Crippen molar-refractivity contribution in [3.63, 3.8) is 0 Å². The van der Waals surface area contributed by atoms with Gasteiger partial charge in [-0.15, -0.1) is 0 Å². The van der Waals surface area contributed by atoms with Crippen LogP contribution in [0, 0.1) is 0 Å². The molecule has 0 bridgehead atoms. The predicted molar refractivity (Wildman–Crippen MR) is 64.5 cm³/mol. The van der Waals surface area contributed by atoms with Crippen molar-refractivity contribution in [3.05, 3.63) is 0 Å². The maximum Gasteiger partial charge on any atom is 0.303 e. The molecule has 6 nitrogen and oxygen atoms in total. The lowest BCUT2D eigenvalue weighted by Crippen LogP contribution is -2.60. The highest BCUT2D eigenvalue weighted by Crippen LogP contribution is 2.14.